The number of carbonyl (C=O) groups excluding carboxylic acids is 1. The van der Waals surface area contributed by atoms with Crippen LogP contribution in [0.4, 0.5) is 0 Å². The Bertz CT molecular complexity index is 688. The zero-order valence-corrected chi connectivity index (χ0v) is 12.0. The number of aromatic nitrogens is 5. The molecule has 0 radical (unpaired) electrons. The fraction of sp³-hybridized carbons (Fsp3) is 0.231. The van der Waals surface area contributed by atoms with Crippen molar-refractivity contribution in [3.63, 3.8) is 0 Å². The zero-order valence-electron chi connectivity index (χ0n) is 11.2. The first-order valence-corrected chi connectivity index (χ1v) is 7.38. The van der Waals surface area contributed by atoms with Crippen molar-refractivity contribution in [3.05, 3.63) is 48.0 Å². The lowest BCUT2D eigenvalue weighted by atomic mass is 10.3. The smallest absolute Gasteiger partial charge is 0.241 e. The summed E-state index contributed by atoms with van der Waals surface area (Å²) in [4.78, 5) is 16.2. The van der Waals surface area contributed by atoms with E-state index in [4.69, 9.17) is 0 Å². The van der Waals surface area contributed by atoms with Crippen molar-refractivity contribution in [2.24, 2.45) is 0 Å². The summed E-state index contributed by atoms with van der Waals surface area (Å²) >= 11 is 1.53. The fourth-order valence-corrected chi connectivity index (χ4v) is 2.62. The number of rotatable bonds is 6. The van der Waals surface area contributed by atoms with E-state index in [2.05, 4.69) is 20.5 Å². The molecule has 0 unspecified atom stereocenters. The van der Waals surface area contributed by atoms with Crippen LogP contribution in [0.25, 0.3) is 5.13 Å². The Hall–Kier alpha value is -2.48. The van der Waals surface area contributed by atoms with Crippen LogP contribution in [0.1, 0.15) is 5.69 Å². The highest BCUT2D eigenvalue weighted by Gasteiger charge is 2.06. The predicted octanol–water partition coefficient (Wildman–Crippen LogP) is 0.884. The second-order valence-corrected chi connectivity index (χ2v) is 5.21. The maximum absolute atomic E-state index is 11.7. The van der Waals surface area contributed by atoms with Gasteiger partial charge in [-0.2, -0.15) is 10.2 Å². The summed E-state index contributed by atoms with van der Waals surface area (Å²) < 4.78 is 3.32. The Morgan fingerprint density at radius 2 is 2.10 bits per heavy atom. The number of hydrogen-bond donors (Lipinski definition) is 1. The Labute approximate surface area is 125 Å². The highest BCUT2D eigenvalue weighted by Crippen LogP contribution is 2.13. The van der Waals surface area contributed by atoms with Gasteiger partial charge in [0.15, 0.2) is 0 Å². The van der Waals surface area contributed by atoms with E-state index in [0.717, 1.165) is 10.8 Å². The summed E-state index contributed by atoms with van der Waals surface area (Å²) in [6.07, 6.45) is 7.68. The van der Waals surface area contributed by atoms with E-state index in [1.54, 1.807) is 34.0 Å². The van der Waals surface area contributed by atoms with Gasteiger partial charge in [0.25, 0.3) is 0 Å². The fourth-order valence-electron chi connectivity index (χ4n) is 1.83. The molecule has 3 aromatic heterocycles. The minimum absolute atomic E-state index is 0.0544. The minimum atomic E-state index is -0.0544. The second-order valence-electron chi connectivity index (χ2n) is 4.38. The van der Waals surface area contributed by atoms with Crippen molar-refractivity contribution in [2.75, 3.05) is 6.54 Å². The van der Waals surface area contributed by atoms with Gasteiger partial charge in [-0.15, -0.1) is 11.3 Å². The topological polar surface area (TPSA) is 77.6 Å². The molecule has 3 aromatic rings. The van der Waals surface area contributed by atoms with E-state index >= 15 is 0 Å². The highest BCUT2D eigenvalue weighted by atomic mass is 32.1. The molecule has 0 fully saturated rings. The van der Waals surface area contributed by atoms with Gasteiger partial charge in [-0.05, 0) is 12.1 Å². The van der Waals surface area contributed by atoms with E-state index < -0.39 is 0 Å². The number of nitrogens with one attached hydrogen (secondary N) is 1. The number of amides is 1. The highest BCUT2D eigenvalue weighted by molar-refractivity contribution is 7.12. The van der Waals surface area contributed by atoms with Gasteiger partial charge in [0.1, 0.15) is 6.54 Å². The molecular formula is C13H14N6OS. The van der Waals surface area contributed by atoms with Crippen molar-refractivity contribution in [1.29, 1.82) is 0 Å². The summed E-state index contributed by atoms with van der Waals surface area (Å²) in [6.45, 7) is 0.797. The summed E-state index contributed by atoms with van der Waals surface area (Å²) in [5.74, 6) is -0.0544. The Kier molecular flexibility index (Phi) is 4.06. The number of hydrogen-bond acceptors (Lipinski definition) is 5. The van der Waals surface area contributed by atoms with Gasteiger partial charge >= 0.3 is 0 Å². The normalized spacial score (nSPS) is 10.7. The van der Waals surface area contributed by atoms with E-state index in [0.29, 0.717) is 13.0 Å². The molecule has 21 heavy (non-hydrogen) atoms. The number of thiazole rings is 1. The number of carbonyl (C=O) groups is 1. The van der Waals surface area contributed by atoms with Crippen LogP contribution in [0.15, 0.2) is 42.3 Å². The predicted molar refractivity (Wildman–Crippen MR) is 78.2 cm³/mol. The van der Waals surface area contributed by atoms with Crippen LogP contribution in [0.3, 0.4) is 0 Å². The maximum Gasteiger partial charge on any atom is 0.241 e. The van der Waals surface area contributed by atoms with Gasteiger partial charge < -0.3 is 5.32 Å². The van der Waals surface area contributed by atoms with Gasteiger partial charge in [-0.3, -0.25) is 9.48 Å². The monoisotopic (exact) mass is 302 g/mol. The first-order valence-electron chi connectivity index (χ1n) is 6.50. The summed E-state index contributed by atoms with van der Waals surface area (Å²) in [5.41, 5.74) is 0.949. The van der Waals surface area contributed by atoms with Crippen LogP contribution in [-0.2, 0) is 17.8 Å². The molecule has 1 N–H and O–H groups in total. The molecule has 0 spiro atoms. The quantitative estimate of drug-likeness (QED) is 0.733. The number of nitrogens with zero attached hydrogens (tertiary/aromatic N) is 5. The molecule has 0 aromatic carbocycles. The largest absolute Gasteiger partial charge is 0.354 e. The van der Waals surface area contributed by atoms with Crippen molar-refractivity contribution < 1.29 is 4.79 Å². The van der Waals surface area contributed by atoms with Crippen LogP contribution in [-0.4, -0.2) is 37.0 Å². The van der Waals surface area contributed by atoms with Gasteiger partial charge in [-0.25, -0.2) is 9.67 Å². The average Bonchev–Trinajstić information content (AvgIpc) is 3.21. The van der Waals surface area contributed by atoms with Crippen LogP contribution in [0, 0.1) is 0 Å². The standard InChI is InChI=1S/C13H14N6OS/c20-12(9-18-7-1-4-15-18)14-6-3-11-10-21-13(17-11)19-8-2-5-16-19/h1-2,4-5,7-8,10H,3,6,9H2,(H,14,20). The zero-order chi connectivity index (χ0) is 14.5. The van der Waals surface area contributed by atoms with Gasteiger partial charge in [0.05, 0.1) is 5.69 Å². The van der Waals surface area contributed by atoms with Crippen molar-refractivity contribution in [1.82, 2.24) is 29.9 Å². The van der Waals surface area contributed by atoms with Crippen LogP contribution in [0.5, 0.6) is 0 Å². The van der Waals surface area contributed by atoms with Gasteiger partial charge in [0.2, 0.25) is 11.0 Å². The molecule has 0 saturated carbocycles. The molecule has 1 amide bonds. The third-order valence-electron chi connectivity index (χ3n) is 2.81. The Balaban J connectivity index is 1.46. The van der Waals surface area contributed by atoms with Crippen molar-refractivity contribution >= 4 is 17.2 Å². The van der Waals surface area contributed by atoms with E-state index in [-0.39, 0.29) is 12.5 Å². The van der Waals surface area contributed by atoms with E-state index in [9.17, 15) is 4.79 Å². The van der Waals surface area contributed by atoms with Crippen LogP contribution in [0.2, 0.25) is 0 Å². The van der Waals surface area contributed by atoms with Crippen LogP contribution < -0.4 is 5.32 Å². The molecule has 3 heterocycles. The molecule has 0 aliphatic rings. The first-order chi connectivity index (χ1) is 10.3. The lowest BCUT2D eigenvalue weighted by Gasteiger charge is -2.04. The Morgan fingerprint density at radius 3 is 2.86 bits per heavy atom. The van der Waals surface area contributed by atoms with E-state index in [1.807, 2.05) is 17.6 Å². The molecule has 0 aliphatic heterocycles. The first kappa shape index (κ1) is 13.5. The molecule has 3 rings (SSSR count). The van der Waals surface area contributed by atoms with Crippen molar-refractivity contribution in [2.45, 2.75) is 13.0 Å². The van der Waals surface area contributed by atoms with Gasteiger partial charge in [-0.1, -0.05) is 0 Å². The van der Waals surface area contributed by atoms with E-state index in [1.165, 1.54) is 11.3 Å². The third-order valence-corrected chi connectivity index (χ3v) is 3.69. The van der Waals surface area contributed by atoms with Crippen LogP contribution >= 0.6 is 11.3 Å². The minimum Gasteiger partial charge on any atom is -0.354 e. The molecule has 0 atom stereocenters. The average molecular weight is 302 g/mol. The Morgan fingerprint density at radius 1 is 1.24 bits per heavy atom. The van der Waals surface area contributed by atoms with Crippen molar-refractivity contribution in [3.8, 4) is 5.13 Å². The second kappa shape index (κ2) is 6.31. The molecule has 108 valence electrons. The summed E-state index contributed by atoms with van der Waals surface area (Å²) in [7, 11) is 0. The molecule has 0 bridgehead atoms. The molecule has 8 heteroatoms. The summed E-state index contributed by atoms with van der Waals surface area (Å²) in [6, 6.07) is 3.65. The molecular weight excluding hydrogens is 288 g/mol. The molecule has 7 nitrogen and oxygen atoms in total. The van der Waals surface area contributed by atoms with Gasteiger partial charge in [0, 0.05) is 43.1 Å². The summed E-state index contributed by atoms with van der Waals surface area (Å²) in [5, 5.41) is 13.8. The SMILES string of the molecule is O=C(Cn1cccn1)NCCc1csc(-n2cccn2)n1. The molecule has 0 aliphatic carbocycles. The lowest BCUT2D eigenvalue weighted by Crippen LogP contribution is -2.29. The molecule has 0 saturated heterocycles. The third kappa shape index (κ3) is 3.54. The lowest BCUT2D eigenvalue weighted by molar-refractivity contribution is -0.121. The maximum atomic E-state index is 11.7.